The normalized spacial score (nSPS) is 18.9. The van der Waals surface area contributed by atoms with Gasteiger partial charge in [0, 0.05) is 5.56 Å². The van der Waals surface area contributed by atoms with Gasteiger partial charge in [0.15, 0.2) is 5.78 Å². The van der Waals surface area contributed by atoms with E-state index in [2.05, 4.69) is 0 Å². The molecule has 92 valence electrons. The van der Waals surface area contributed by atoms with Crippen LogP contribution in [-0.4, -0.2) is 38.6 Å². The fourth-order valence-corrected chi connectivity index (χ4v) is 2.28. The predicted molar refractivity (Wildman–Crippen MR) is 66.3 cm³/mol. The molecule has 3 heteroatoms. The van der Waals surface area contributed by atoms with Gasteiger partial charge in [-0.3, -0.25) is 4.79 Å². The van der Waals surface area contributed by atoms with Crippen LogP contribution < -0.4 is 4.90 Å². The third-order valence-electron chi connectivity index (χ3n) is 3.30. The van der Waals surface area contributed by atoms with Gasteiger partial charge in [0.05, 0.1) is 25.7 Å². The quantitative estimate of drug-likeness (QED) is 0.766. The van der Waals surface area contributed by atoms with Gasteiger partial charge >= 0.3 is 0 Å². The van der Waals surface area contributed by atoms with E-state index in [0.717, 1.165) is 38.4 Å². The number of ether oxygens (including phenoxy) is 1. The van der Waals surface area contributed by atoms with Gasteiger partial charge in [-0.05, 0) is 6.92 Å². The molecule has 17 heavy (non-hydrogen) atoms. The maximum Gasteiger partial charge on any atom is 0.171 e. The van der Waals surface area contributed by atoms with E-state index in [9.17, 15) is 4.79 Å². The lowest BCUT2D eigenvalue weighted by Gasteiger charge is -2.25. The summed E-state index contributed by atoms with van der Waals surface area (Å²) in [7, 11) is 0. The van der Waals surface area contributed by atoms with Gasteiger partial charge in [-0.1, -0.05) is 30.3 Å². The molecular weight excluding hydrogens is 214 g/mol. The highest BCUT2D eigenvalue weighted by Gasteiger charge is 2.22. The lowest BCUT2D eigenvalue weighted by atomic mass is 9.99. The maximum absolute atomic E-state index is 12.2. The molecule has 0 amide bonds. The molecule has 3 nitrogen and oxygen atoms in total. The first kappa shape index (κ1) is 12.3. The Bertz CT molecular complexity index is 358. The third-order valence-corrected chi connectivity index (χ3v) is 3.30. The van der Waals surface area contributed by atoms with Crippen LogP contribution in [0.1, 0.15) is 17.3 Å². The second-order valence-corrected chi connectivity index (χ2v) is 4.70. The summed E-state index contributed by atoms with van der Waals surface area (Å²) in [4.78, 5) is 13.7. The molecular formula is C14H20NO2+. The molecule has 1 heterocycles. The number of hydrogen-bond acceptors (Lipinski definition) is 2. The first-order chi connectivity index (χ1) is 8.27. The van der Waals surface area contributed by atoms with E-state index in [4.69, 9.17) is 4.74 Å². The Morgan fingerprint density at radius 2 is 1.94 bits per heavy atom. The topological polar surface area (TPSA) is 30.7 Å². The van der Waals surface area contributed by atoms with Crippen LogP contribution in [0.25, 0.3) is 0 Å². The molecule has 0 radical (unpaired) electrons. The molecule has 0 aromatic heterocycles. The second kappa shape index (κ2) is 5.94. The summed E-state index contributed by atoms with van der Waals surface area (Å²) in [6, 6.07) is 9.57. The number of morpholine rings is 1. The van der Waals surface area contributed by atoms with Crippen molar-refractivity contribution in [2.75, 3.05) is 32.8 Å². The number of nitrogens with one attached hydrogen (secondary N) is 1. The monoisotopic (exact) mass is 234 g/mol. The molecule has 0 aliphatic carbocycles. The van der Waals surface area contributed by atoms with Crippen LogP contribution in [0, 0.1) is 5.92 Å². The van der Waals surface area contributed by atoms with Crippen LogP contribution in [0.5, 0.6) is 0 Å². The Hall–Kier alpha value is -1.19. The molecule has 1 aromatic carbocycles. The average Bonchev–Trinajstić information content (AvgIpc) is 2.40. The highest BCUT2D eigenvalue weighted by Crippen LogP contribution is 2.06. The highest BCUT2D eigenvalue weighted by atomic mass is 16.5. The Labute approximate surface area is 102 Å². The van der Waals surface area contributed by atoms with Crippen LogP contribution in [0.2, 0.25) is 0 Å². The summed E-state index contributed by atoms with van der Waals surface area (Å²) in [5, 5.41) is 0. The smallest absolute Gasteiger partial charge is 0.171 e. The summed E-state index contributed by atoms with van der Waals surface area (Å²) in [6.07, 6.45) is 0. The van der Waals surface area contributed by atoms with Gasteiger partial charge in [0.2, 0.25) is 0 Å². The molecule has 1 saturated heterocycles. The number of carbonyl (C=O) groups is 1. The van der Waals surface area contributed by atoms with E-state index in [0.29, 0.717) is 0 Å². The third kappa shape index (κ3) is 3.38. The number of quaternary nitrogens is 1. The first-order valence-electron chi connectivity index (χ1n) is 6.28. The van der Waals surface area contributed by atoms with Crippen molar-refractivity contribution < 1.29 is 14.4 Å². The summed E-state index contributed by atoms with van der Waals surface area (Å²) in [5.41, 5.74) is 0.827. The molecule has 1 aromatic rings. The van der Waals surface area contributed by atoms with Crippen molar-refractivity contribution in [1.82, 2.24) is 0 Å². The Balaban J connectivity index is 1.91. The van der Waals surface area contributed by atoms with E-state index in [-0.39, 0.29) is 11.7 Å². The molecule has 1 N–H and O–H groups in total. The van der Waals surface area contributed by atoms with Crippen LogP contribution in [0.15, 0.2) is 30.3 Å². The van der Waals surface area contributed by atoms with Crippen molar-refractivity contribution in [1.29, 1.82) is 0 Å². The summed E-state index contributed by atoms with van der Waals surface area (Å²) < 4.78 is 5.32. The number of ketones is 1. The molecule has 2 rings (SSSR count). The first-order valence-corrected chi connectivity index (χ1v) is 6.28. The predicted octanol–water partition coefficient (Wildman–Crippen LogP) is 0.421. The van der Waals surface area contributed by atoms with Crippen LogP contribution >= 0.6 is 0 Å². The lowest BCUT2D eigenvalue weighted by Crippen LogP contribution is -3.14. The zero-order chi connectivity index (χ0) is 12.1. The van der Waals surface area contributed by atoms with Crippen molar-refractivity contribution in [3.8, 4) is 0 Å². The van der Waals surface area contributed by atoms with Gasteiger partial charge in [-0.2, -0.15) is 0 Å². The van der Waals surface area contributed by atoms with Crippen LogP contribution in [0.4, 0.5) is 0 Å². The van der Waals surface area contributed by atoms with E-state index >= 15 is 0 Å². The highest BCUT2D eigenvalue weighted by molar-refractivity contribution is 5.97. The summed E-state index contributed by atoms with van der Waals surface area (Å²) in [5.74, 6) is 0.343. The zero-order valence-electron chi connectivity index (χ0n) is 10.3. The molecule has 0 spiro atoms. The molecule has 1 aliphatic heterocycles. The SMILES string of the molecule is C[C@@H](C[NH+]1CCOCC1)C(=O)c1ccccc1. The minimum absolute atomic E-state index is 0.0884. The van der Waals surface area contributed by atoms with Crippen molar-refractivity contribution in [2.24, 2.45) is 5.92 Å². The van der Waals surface area contributed by atoms with E-state index < -0.39 is 0 Å². The molecule has 1 aliphatic rings. The van der Waals surface area contributed by atoms with Crippen molar-refractivity contribution in [2.45, 2.75) is 6.92 Å². The lowest BCUT2D eigenvalue weighted by molar-refractivity contribution is -0.910. The minimum atomic E-state index is 0.0884. The van der Waals surface area contributed by atoms with Crippen molar-refractivity contribution >= 4 is 5.78 Å². The Kier molecular flexibility index (Phi) is 4.29. The standard InChI is InChI=1S/C14H19NO2/c1-12(11-15-7-9-17-10-8-15)14(16)13-5-3-2-4-6-13/h2-6,12H,7-11H2,1H3/p+1/t12-/m0/s1. The molecule has 1 atom stereocenters. The van der Waals surface area contributed by atoms with Crippen LogP contribution in [0.3, 0.4) is 0 Å². The van der Waals surface area contributed by atoms with Crippen molar-refractivity contribution in [3.05, 3.63) is 35.9 Å². The summed E-state index contributed by atoms with van der Waals surface area (Å²) >= 11 is 0. The fourth-order valence-electron chi connectivity index (χ4n) is 2.28. The number of Topliss-reactive ketones (excluding diaryl/α,β-unsaturated/α-hetero) is 1. The molecule has 0 saturated carbocycles. The Morgan fingerprint density at radius 3 is 2.59 bits per heavy atom. The number of hydrogen-bond donors (Lipinski definition) is 1. The van der Waals surface area contributed by atoms with Gasteiger partial charge in [0.1, 0.15) is 13.1 Å². The largest absolute Gasteiger partial charge is 0.370 e. The van der Waals surface area contributed by atoms with Gasteiger partial charge in [-0.15, -0.1) is 0 Å². The number of benzene rings is 1. The zero-order valence-corrected chi connectivity index (χ0v) is 10.3. The minimum Gasteiger partial charge on any atom is -0.370 e. The maximum atomic E-state index is 12.2. The Morgan fingerprint density at radius 1 is 1.29 bits per heavy atom. The number of carbonyl (C=O) groups excluding carboxylic acids is 1. The van der Waals surface area contributed by atoms with Gasteiger partial charge in [0.25, 0.3) is 0 Å². The van der Waals surface area contributed by atoms with Gasteiger partial charge < -0.3 is 9.64 Å². The number of rotatable bonds is 4. The van der Waals surface area contributed by atoms with E-state index in [1.807, 2.05) is 37.3 Å². The van der Waals surface area contributed by atoms with E-state index in [1.165, 1.54) is 4.90 Å². The van der Waals surface area contributed by atoms with Gasteiger partial charge in [-0.25, -0.2) is 0 Å². The molecule has 1 fully saturated rings. The molecule has 0 bridgehead atoms. The van der Waals surface area contributed by atoms with E-state index in [1.54, 1.807) is 0 Å². The van der Waals surface area contributed by atoms with Crippen LogP contribution in [-0.2, 0) is 4.74 Å². The fraction of sp³-hybridized carbons (Fsp3) is 0.500. The van der Waals surface area contributed by atoms with Crippen molar-refractivity contribution in [3.63, 3.8) is 0 Å². The average molecular weight is 234 g/mol. The second-order valence-electron chi connectivity index (χ2n) is 4.70. The molecule has 0 unspecified atom stereocenters. The summed E-state index contributed by atoms with van der Waals surface area (Å²) in [6.45, 7) is 6.62.